The quantitative estimate of drug-likeness (QED) is 0.0891. The first-order chi connectivity index (χ1) is 39.3. The van der Waals surface area contributed by atoms with Crippen molar-refractivity contribution < 1.29 is 52.7 Å². The summed E-state index contributed by atoms with van der Waals surface area (Å²) in [7, 11) is -7.26. The van der Waals surface area contributed by atoms with Gasteiger partial charge >= 0.3 is 31.1 Å². The summed E-state index contributed by atoms with van der Waals surface area (Å²) in [6.07, 6.45) is 4.38. The third-order valence-electron chi connectivity index (χ3n) is 14.1. The van der Waals surface area contributed by atoms with Gasteiger partial charge in [0.15, 0.2) is 0 Å². The number of sulfonamides is 2. The summed E-state index contributed by atoms with van der Waals surface area (Å²) in [4.78, 5) is 9.03. The van der Waals surface area contributed by atoms with Gasteiger partial charge < -0.3 is 20.5 Å². The van der Waals surface area contributed by atoms with Gasteiger partial charge in [0.05, 0.1) is 14.2 Å². The van der Waals surface area contributed by atoms with E-state index in [0.717, 1.165) is 65.6 Å². The van der Waals surface area contributed by atoms with E-state index in [4.69, 9.17) is 61.6 Å². The molecule has 448 valence electrons. The minimum absolute atomic E-state index is 0. The van der Waals surface area contributed by atoms with Gasteiger partial charge in [0.1, 0.15) is 22.5 Å². The number of benzene rings is 6. The number of anilines is 1. The van der Waals surface area contributed by atoms with E-state index in [1.165, 1.54) is 0 Å². The number of hydrogen-bond acceptors (Lipinski definition) is 10. The molecular formula is C58H54BrCl5F6N6O6S2. The number of halogens is 12. The van der Waals surface area contributed by atoms with Gasteiger partial charge in [0.25, 0.3) is 0 Å². The Morgan fingerprint density at radius 3 is 1.23 bits per heavy atom. The molecule has 0 saturated carbocycles. The van der Waals surface area contributed by atoms with Crippen LogP contribution in [0, 0.1) is 0 Å². The predicted octanol–water partition coefficient (Wildman–Crippen LogP) is 15.6. The highest BCUT2D eigenvalue weighted by Crippen LogP contribution is 2.42. The Labute approximate surface area is 517 Å². The molecule has 0 atom stereocenters. The fraction of sp³-hybridized carbons (Fsp3) is 0.276. The zero-order chi connectivity index (χ0) is 60.0. The largest absolute Gasteiger partial charge is 0.511 e. The second-order valence-corrected chi connectivity index (χ2v) is 25.9. The van der Waals surface area contributed by atoms with Gasteiger partial charge in [-0.05, 0) is 144 Å². The first kappa shape index (κ1) is 66.4. The van der Waals surface area contributed by atoms with Crippen LogP contribution in [0.4, 0.5) is 32.0 Å². The maximum Gasteiger partial charge on any atom is 0.511 e. The van der Waals surface area contributed by atoms with Crippen molar-refractivity contribution in [2.45, 2.75) is 60.6 Å². The second kappa shape index (κ2) is 28.1. The first-order valence-electron chi connectivity index (χ1n) is 25.5. The Morgan fingerprint density at radius 2 is 0.869 bits per heavy atom. The Morgan fingerprint density at radius 1 is 0.536 bits per heavy atom. The molecule has 0 aliphatic carbocycles. The Kier molecular flexibility index (Phi) is 22.2. The van der Waals surface area contributed by atoms with Gasteiger partial charge in [0.2, 0.25) is 0 Å². The van der Waals surface area contributed by atoms with Crippen LogP contribution >= 0.6 is 74.7 Å². The van der Waals surface area contributed by atoms with Crippen molar-refractivity contribution in [2.75, 3.05) is 45.7 Å². The van der Waals surface area contributed by atoms with Gasteiger partial charge in [-0.25, -0.2) is 16.8 Å². The molecule has 84 heavy (non-hydrogen) atoms. The van der Waals surface area contributed by atoms with Gasteiger partial charge in [-0.15, -0.1) is 12.4 Å². The SMILES string of the molecule is COc1cc(C(c2ccc(Cl)cc2)c2ccc(Cl)cc2)cc2c(Br)ccnc12.COc1cc(C(c2ccc(Cl)cc2)c2ccc(Cl)cc2)cc2c(NC3CCN(S(=O)(=O)C(F)(F)F)CC3)ccnc12.Cl.NC1CCN(S(=O)(=O)C(F)(F)F)CC1. The molecule has 2 aliphatic heterocycles. The summed E-state index contributed by atoms with van der Waals surface area (Å²) >= 11 is 28.2. The summed E-state index contributed by atoms with van der Waals surface area (Å²) in [5, 5.41) is 7.83. The van der Waals surface area contributed by atoms with Gasteiger partial charge in [-0.2, -0.15) is 35.0 Å². The topological polar surface area (TPSA) is 157 Å². The smallest absolute Gasteiger partial charge is 0.494 e. The monoisotopic (exact) mass is 1360 g/mol. The molecule has 0 bridgehead atoms. The van der Waals surface area contributed by atoms with Crippen LogP contribution in [0.2, 0.25) is 20.1 Å². The Hall–Kier alpha value is -5.17. The summed E-state index contributed by atoms with van der Waals surface area (Å²) in [5.74, 6) is 1.09. The standard InChI is InChI=1S/C29H26Cl2F3N3O3S.C23H16BrCl2NO.C6H11F3N2O2S.ClH/c1-40-26-17-20(27(18-2-6-21(30)7-3-18)19-4-8-22(31)9-5-19)16-24-25(10-13-35-28(24)26)36-23-11-14-37(15-12-23)41(38,39)29(32,33)34;1-28-21-13-16(12-19-20(24)10-11-27-23(19)21)22(14-2-6-17(25)7-3-14)15-4-8-18(26)9-5-15;7-6(8,9)14(12,13)11-3-1-5(10)2-4-11;/h2-10,13,16-17,23,27H,11-12,14-15H2,1H3,(H,35,36);2-13,22H,1H3;5H,1-4,10H2;1H. The molecule has 2 fully saturated rings. The number of piperidine rings is 2. The number of nitrogens with two attached hydrogens (primary N) is 1. The van der Waals surface area contributed by atoms with Crippen molar-refractivity contribution in [1.82, 2.24) is 18.6 Å². The number of hydrogen-bond donors (Lipinski definition) is 2. The molecular weight excluding hydrogens is 1310 g/mol. The summed E-state index contributed by atoms with van der Waals surface area (Å²) < 4.78 is 134. The average Bonchev–Trinajstić information content (AvgIpc) is 1.57. The predicted molar refractivity (Wildman–Crippen MR) is 326 cm³/mol. The van der Waals surface area contributed by atoms with Gasteiger partial charge in [0, 0.05) is 104 Å². The lowest BCUT2D eigenvalue weighted by molar-refractivity contribution is -0.0499. The number of nitrogens with zero attached hydrogens (tertiary/aromatic N) is 4. The molecule has 26 heteroatoms. The Balaban J connectivity index is 0.000000203. The molecule has 3 N–H and O–H groups in total. The van der Waals surface area contributed by atoms with Crippen LogP contribution in [0.3, 0.4) is 0 Å². The number of fused-ring (bicyclic) bond motifs is 2. The fourth-order valence-electron chi connectivity index (χ4n) is 9.87. The molecule has 0 spiro atoms. The first-order valence-corrected chi connectivity index (χ1v) is 30.7. The number of pyridine rings is 2. The molecule has 10 rings (SSSR count). The maximum absolute atomic E-state index is 13.0. The van der Waals surface area contributed by atoms with E-state index in [1.807, 2.05) is 91.0 Å². The van der Waals surface area contributed by atoms with E-state index in [-0.39, 0.29) is 88.2 Å². The Bertz CT molecular complexity index is 3680. The van der Waals surface area contributed by atoms with Crippen molar-refractivity contribution in [2.24, 2.45) is 5.73 Å². The summed E-state index contributed by atoms with van der Waals surface area (Å²) in [6, 6.07) is 42.5. The van der Waals surface area contributed by atoms with Crippen molar-refractivity contribution in [1.29, 1.82) is 0 Å². The highest BCUT2D eigenvalue weighted by Gasteiger charge is 2.51. The van der Waals surface area contributed by atoms with Crippen LogP contribution in [0.5, 0.6) is 11.5 Å². The molecule has 2 aliphatic rings. The minimum Gasteiger partial charge on any atom is -0.494 e. The van der Waals surface area contributed by atoms with Crippen LogP contribution in [-0.4, -0.2) is 98.9 Å². The summed E-state index contributed by atoms with van der Waals surface area (Å²) in [5.41, 5.74) is 3.37. The molecule has 4 heterocycles. The van der Waals surface area contributed by atoms with E-state index in [0.29, 0.717) is 40.0 Å². The lowest BCUT2D eigenvalue weighted by atomic mass is 9.84. The van der Waals surface area contributed by atoms with Crippen molar-refractivity contribution in [3.05, 3.63) is 204 Å². The van der Waals surface area contributed by atoms with Crippen LogP contribution in [0.15, 0.2) is 150 Å². The molecule has 2 saturated heterocycles. The lowest BCUT2D eigenvalue weighted by Gasteiger charge is -2.32. The lowest BCUT2D eigenvalue weighted by Crippen LogP contribution is -2.47. The number of ether oxygens (including phenoxy) is 2. The van der Waals surface area contributed by atoms with Crippen LogP contribution in [0.25, 0.3) is 21.8 Å². The third-order valence-corrected chi connectivity index (χ3v) is 19.1. The summed E-state index contributed by atoms with van der Waals surface area (Å²) in [6.45, 7) is -0.759. The number of rotatable bonds is 12. The van der Waals surface area contributed by atoms with Crippen LogP contribution in [-0.2, 0) is 20.0 Å². The number of alkyl halides is 6. The second-order valence-electron chi connectivity index (χ2n) is 19.4. The molecule has 8 aromatic rings. The van der Waals surface area contributed by atoms with E-state index >= 15 is 0 Å². The molecule has 2 aromatic heterocycles. The van der Waals surface area contributed by atoms with Crippen LogP contribution in [0.1, 0.15) is 70.9 Å². The number of aromatic nitrogens is 2. The average molecular weight is 1370 g/mol. The molecule has 0 radical (unpaired) electrons. The number of nitrogens with one attached hydrogen (secondary N) is 1. The van der Waals surface area contributed by atoms with Crippen LogP contribution < -0.4 is 20.5 Å². The molecule has 0 amide bonds. The third kappa shape index (κ3) is 15.5. The van der Waals surface area contributed by atoms with Gasteiger partial charge in [-0.3, -0.25) is 9.97 Å². The number of methoxy groups -OCH3 is 2. The fourth-order valence-corrected chi connectivity index (χ4v) is 12.8. The van der Waals surface area contributed by atoms with Crippen molar-refractivity contribution in [3.63, 3.8) is 0 Å². The molecule has 12 nitrogen and oxygen atoms in total. The van der Waals surface area contributed by atoms with E-state index in [1.54, 1.807) is 32.7 Å². The van der Waals surface area contributed by atoms with Crippen molar-refractivity contribution in [3.8, 4) is 11.5 Å². The molecule has 6 aromatic carbocycles. The zero-order valence-corrected chi connectivity index (χ0v) is 51.6. The van der Waals surface area contributed by atoms with Gasteiger partial charge in [-0.1, -0.05) is 111 Å². The highest BCUT2D eigenvalue weighted by atomic mass is 79.9. The molecule has 0 unspecified atom stereocenters. The van der Waals surface area contributed by atoms with E-state index < -0.39 is 31.1 Å². The van der Waals surface area contributed by atoms with Crippen molar-refractivity contribution >= 4 is 122 Å². The van der Waals surface area contributed by atoms with E-state index in [2.05, 4.69) is 67.6 Å². The minimum atomic E-state index is -5.35. The zero-order valence-electron chi connectivity index (χ0n) is 44.5. The normalized spacial score (nSPS) is 15.0. The maximum atomic E-state index is 13.0. The highest BCUT2D eigenvalue weighted by molar-refractivity contribution is 9.10. The van der Waals surface area contributed by atoms with E-state index in [9.17, 15) is 43.2 Å².